The molecule has 0 saturated carbocycles. The van der Waals surface area contributed by atoms with Crippen LogP contribution in [0.15, 0.2) is 88.5 Å². The van der Waals surface area contributed by atoms with E-state index in [1.165, 1.54) is 11.8 Å². The van der Waals surface area contributed by atoms with Gasteiger partial charge in [-0.15, -0.1) is 10.2 Å². The topological polar surface area (TPSA) is 97.3 Å². The Bertz CT molecular complexity index is 1440. The standard InChI is InChI=1S/C25H19N5O4S/c1-3-7-17(8-4-1)24-26-23(34-29-24)15-35-25-28-27-22(30(25)18-9-5-2-6-10-18)14-31-19-11-12-20-21(13-19)33-16-32-20/h1-13H,14-16H2. The van der Waals surface area contributed by atoms with Gasteiger partial charge in [-0.25, -0.2) is 0 Å². The molecule has 0 bridgehead atoms. The fourth-order valence-electron chi connectivity index (χ4n) is 3.58. The maximum atomic E-state index is 6.00. The molecule has 1 aliphatic rings. The second-order valence-electron chi connectivity index (χ2n) is 7.54. The zero-order chi connectivity index (χ0) is 23.5. The Hall–Kier alpha value is -4.31. The van der Waals surface area contributed by atoms with Crippen LogP contribution in [-0.4, -0.2) is 31.7 Å². The Labute approximate surface area is 204 Å². The average molecular weight is 486 g/mol. The molecular formula is C25H19N5O4S. The van der Waals surface area contributed by atoms with Crippen LogP contribution in [0.1, 0.15) is 11.7 Å². The van der Waals surface area contributed by atoms with Crippen molar-refractivity contribution < 1.29 is 18.7 Å². The molecule has 5 aromatic rings. The first-order valence-corrected chi connectivity index (χ1v) is 11.8. The fraction of sp³-hybridized carbons (Fsp3) is 0.120. The molecule has 0 saturated heterocycles. The Morgan fingerprint density at radius 3 is 2.54 bits per heavy atom. The molecule has 0 fully saturated rings. The Kier molecular flexibility index (Phi) is 5.77. The lowest BCUT2D eigenvalue weighted by Gasteiger charge is -2.11. The third-order valence-electron chi connectivity index (χ3n) is 5.25. The van der Waals surface area contributed by atoms with Crippen LogP contribution in [-0.2, 0) is 12.4 Å². The first-order chi connectivity index (χ1) is 17.3. The van der Waals surface area contributed by atoms with Crippen molar-refractivity contribution in [2.75, 3.05) is 6.79 Å². The van der Waals surface area contributed by atoms with Crippen molar-refractivity contribution in [1.29, 1.82) is 0 Å². The van der Waals surface area contributed by atoms with Crippen LogP contribution < -0.4 is 14.2 Å². The largest absolute Gasteiger partial charge is 0.485 e. The molecule has 2 aromatic heterocycles. The summed E-state index contributed by atoms with van der Waals surface area (Å²) >= 11 is 1.46. The SMILES string of the molecule is c1ccc(-c2noc(CSc3nnc(COc4ccc5c(c4)OCO5)n3-c3ccccc3)n2)cc1. The minimum Gasteiger partial charge on any atom is -0.485 e. The van der Waals surface area contributed by atoms with E-state index in [1.807, 2.05) is 77.4 Å². The van der Waals surface area contributed by atoms with Crippen molar-refractivity contribution in [3.05, 3.63) is 90.6 Å². The Balaban J connectivity index is 1.21. The number of ether oxygens (including phenoxy) is 3. The van der Waals surface area contributed by atoms with E-state index < -0.39 is 0 Å². The van der Waals surface area contributed by atoms with Crippen LogP contribution in [0.3, 0.4) is 0 Å². The maximum Gasteiger partial charge on any atom is 0.237 e. The summed E-state index contributed by atoms with van der Waals surface area (Å²) in [5.74, 6) is 4.21. The Morgan fingerprint density at radius 2 is 1.69 bits per heavy atom. The predicted molar refractivity (Wildman–Crippen MR) is 128 cm³/mol. The van der Waals surface area contributed by atoms with Crippen LogP contribution in [0.2, 0.25) is 0 Å². The van der Waals surface area contributed by atoms with Crippen LogP contribution in [0.4, 0.5) is 0 Å². The van der Waals surface area contributed by atoms with Gasteiger partial charge in [0.2, 0.25) is 18.5 Å². The van der Waals surface area contributed by atoms with E-state index in [0.717, 1.165) is 11.3 Å². The molecule has 0 unspecified atom stereocenters. The van der Waals surface area contributed by atoms with Crippen LogP contribution in [0.5, 0.6) is 17.2 Å². The van der Waals surface area contributed by atoms with Crippen molar-refractivity contribution in [2.24, 2.45) is 0 Å². The number of rotatable bonds is 8. The van der Waals surface area contributed by atoms with Crippen molar-refractivity contribution in [2.45, 2.75) is 17.5 Å². The number of hydrogen-bond donors (Lipinski definition) is 0. The third-order valence-corrected chi connectivity index (χ3v) is 6.17. The highest BCUT2D eigenvalue weighted by Gasteiger charge is 2.18. The number of thioether (sulfide) groups is 1. The molecular weight excluding hydrogens is 466 g/mol. The number of benzene rings is 3. The number of nitrogens with zero attached hydrogens (tertiary/aromatic N) is 5. The van der Waals surface area contributed by atoms with Gasteiger partial charge in [0.25, 0.3) is 0 Å². The molecule has 0 spiro atoms. The second-order valence-corrected chi connectivity index (χ2v) is 8.48. The van der Waals surface area contributed by atoms with Gasteiger partial charge >= 0.3 is 0 Å². The molecule has 35 heavy (non-hydrogen) atoms. The molecule has 1 aliphatic heterocycles. The van der Waals surface area contributed by atoms with Crippen molar-refractivity contribution in [3.8, 4) is 34.3 Å². The highest BCUT2D eigenvalue weighted by atomic mass is 32.2. The summed E-state index contributed by atoms with van der Waals surface area (Å²) in [6.45, 7) is 0.440. The normalized spacial score (nSPS) is 12.1. The summed E-state index contributed by atoms with van der Waals surface area (Å²) in [5.41, 5.74) is 1.84. The number of hydrogen-bond acceptors (Lipinski definition) is 9. The summed E-state index contributed by atoms with van der Waals surface area (Å²) in [7, 11) is 0. The molecule has 0 aliphatic carbocycles. The van der Waals surface area contributed by atoms with Gasteiger partial charge < -0.3 is 18.7 Å². The molecule has 0 atom stereocenters. The second kappa shape index (κ2) is 9.51. The molecule has 3 aromatic carbocycles. The average Bonchev–Trinajstić information content (AvgIpc) is 3.66. The molecule has 0 amide bonds. The van der Waals surface area contributed by atoms with Gasteiger partial charge in [-0.3, -0.25) is 4.57 Å². The Morgan fingerprint density at radius 1 is 0.886 bits per heavy atom. The van der Waals surface area contributed by atoms with E-state index in [2.05, 4.69) is 20.3 Å². The molecule has 0 radical (unpaired) electrons. The lowest BCUT2D eigenvalue weighted by molar-refractivity contribution is 0.173. The fourth-order valence-corrected chi connectivity index (χ4v) is 4.39. The van der Waals surface area contributed by atoms with E-state index in [-0.39, 0.29) is 13.4 Å². The first-order valence-electron chi connectivity index (χ1n) is 10.9. The van der Waals surface area contributed by atoms with Crippen molar-refractivity contribution in [3.63, 3.8) is 0 Å². The van der Waals surface area contributed by atoms with Crippen LogP contribution in [0, 0.1) is 0 Å². The van der Waals surface area contributed by atoms with Gasteiger partial charge in [0.1, 0.15) is 12.4 Å². The highest BCUT2D eigenvalue weighted by molar-refractivity contribution is 7.98. The molecule has 3 heterocycles. The number of para-hydroxylation sites is 1. The first kappa shape index (κ1) is 21.2. The zero-order valence-corrected chi connectivity index (χ0v) is 19.2. The van der Waals surface area contributed by atoms with Crippen LogP contribution >= 0.6 is 11.8 Å². The smallest absolute Gasteiger partial charge is 0.237 e. The summed E-state index contributed by atoms with van der Waals surface area (Å²) in [5, 5.41) is 13.6. The number of fused-ring (bicyclic) bond motifs is 1. The van der Waals surface area contributed by atoms with Gasteiger partial charge in [0, 0.05) is 17.3 Å². The zero-order valence-electron chi connectivity index (χ0n) is 18.4. The van der Waals surface area contributed by atoms with E-state index >= 15 is 0 Å². The molecule has 9 nitrogen and oxygen atoms in total. The summed E-state index contributed by atoms with van der Waals surface area (Å²) < 4.78 is 24.2. The van der Waals surface area contributed by atoms with E-state index in [0.29, 0.717) is 45.7 Å². The molecule has 0 N–H and O–H groups in total. The van der Waals surface area contributed by atoms with Crippen LogP contribution in [0.25, 0.3) is 17.1 Å². The summed E-state index contributed by atoms with van der Waals surface area (Å²) in [4.78, 5) is 4.51. The maximum absolute atomic E-state index is 6.00. The van der Waals surface area contributed by atoms with Gasteiger partial charge in [-0.2, -0.15) is 4.98 Å². The monoisotopic (exact) mass is 485 g/mol. The summed E-state index contributed by atoms with van der Waals surface area (Å²) in [6.07, 6.45) is 0. The minimum absolute atomic E-state index is 0.217. The molecule has 174 valence electrons. The molecule has 10 heteroatoms. The van der Waals surface area contributed by atoms with E-state index in [1.54, 1.807) is 6.07 Å². The highest BCUT2D eigenvalue weighted by Crippen LogP contribution is 2.35. The third kappa shape index (κ3) is 4.56. The van der Waals surface area contributed by atoms with Crippen molar-refractivity contribution >= 4 is 11.8 Å². The predicted octanol–water partition coefficient (Wildman–Crippen LogP) is 4.92. The number of aromatic nitrogens is 5. The minimum atomic E-state index is 0.217. The molecule has 6 rings (SSSR count). The summed E-state index contributed by atoms with van der Waals surface area (Å²) in [6, 6.07) is 25.1. The lowest BCUT2D eigenvalue weighted by Crippen LogP contribution is -2.06. The van der Waals surface area contributed by atoms with Crippen molar-refractivity contribution in [1.82, 2.24) is 24.9 Å². The quantitative estimate of drug-likeness (QED) is 0.284. The lowest BCUT2D eigenvalue weighted by atomic mass is 10.2. The van der Waals surface area contributed by atoms with Gasteiger partial charge in [0.05, 0.1) is 5.75 Å². The van der Waals surface area contributed by atoms with Gasteiger partial charge in [-0.1, -0.05) is 65.4 Å². The van der Waals surface area contributed by atoms with E-state index in [9.17, 15) is 0 Å². The van der Waals surface area contributed by atoms with E-state index in [4.69, 9.17) is 18.7 Å². The van der Waals surface area contributed by atoms with Gasteiger partial charge in [-0.05, 0) is 24.3 Å². The van der Waals surface area contributed by atoms with Gasteiger partial charge in [0.15, 0.2) is 22.5 Å².